The number of ether oxygens (including phenoxy) is 1. The summed E-state index contributed by atoms with van der Waals surface area (Å²) in [5.74, 6) is -1.32. The summed E-state index contributed by atoms with van der Waals surface area (Å²) in [6.45, 7) is 7.10. The first-order valence-electron chi connectivity index (χ1n) is 5.32. The summed E-state index contributed by atoms with van der Waals surface area (Å²) < 4.78 is 3.84. The molecule has 17 heavy (non-hydrogen) atoms. The second kappa shape index (κ2) is 5.31. The van der Waals surface area contributed by atoms with Crippen molar-refractivity contribution >= 4 is 35.2 Å². The fourth-order valence-electron chi connectivity index (χ4n) is 1.74. The number of hydrogen-bond acceptors (Lipinski definition) is 4. The minimum Gasteiger partial charge on any atom is -0.465 e. The third-order valence-corrected chi connectivity index (χ3v) is 4.34. The van der Waals surface area contributed by atoms with Gasteiger partial charge in [0.1, 0.15) is 5.92 Å². The molecule has 0 fully saturated rings. The van der Waals surface area contributed by atoms with Crippen molar-refractivity contribution in [2.24, 2.45) is 5.92 Å². The average Bonchev–Trinajstić information content (AvgIpc) is 2.36. The quantitative estimate of drug-likeness (QED) is 0.488. The molecule has 0 unspecified atom stereocenters. The first kappa shape index (κ1) is 14.4. The van der Waals surface area contributed by atoms with Crippen LogP contribution in [-0.4, -0.2) is 22.8 Å². The van der Waals surface area contributed by atoms with Gasteiger partial charge in [0.15, 0.2) is 4.33 Å². The van der Waals surface area contributed by atoms with E-state index < -0.39 is 16.2 Å². The van der Waals surface area contributed by atoms with E-state index in [-0.39, 0.29) is 5.91 Å². The zero-order valence-corrected chi connectivity index (χ0v) is 11.9. The van der Waals surface area contributed by atoms with E-state index in [9.17, 15) is 9.59 Å². The lowest BCUT2D eigenvalue weighted by molar-refractivity contribution is -0.147. The molecule has 6 heteroatoms. The molecule has 0 saturated heterocycles. The number of esters is 1. The van der Waals surface area contributed by atoms with E-state index in [2.05, 4.69) is 5.32 Å². The number of carbonyl (C=O) groups excluding carboxylic acids is 2. The Hall–Kier alpha value is -0.680. The summed E-state index contributed by atoms with van der Waals surface area (Å²) >= 11 is 7.62. The number of nitrogens with one attached hydrogen (secondary N) is 1. The summed E-state index contributed by atoms with van der Waals surface area (Å²) in [7, 11) is 0. The van der Waals surface area contributed by atoms with Crippen molar-refractivity contribution in [3.8, 4) is 0 Å². The van der Waals surface area contributed by atoms with Crippen LogP contribution < -0.4 is 5.32 Å². The van der Waals surface area contributed by atoms with Gasteiger partial charge in [0.05, 0.1) is 6.61 Å². The standard InChI is InChI=1S/C11H16ClNO3S/c1-5-16-10(15)9-6(2)7(3)17-11(9,12)13-8(4)14/h9H,5H2,1-4H3,(H,13,14)/t9-,11+/m0/s1. The van der Waals surface area contributed by atoms with Crippen molar-refractivity contribution in [2.75, 3.05) is 6.61 Å². The van der Waals surface area contributed by atoms with Gasteiger partial charge in [-0.3, -0.25) is 9.59 Å². The molecule has 1 aliphatic heterocycles. The molecule has 0 radical (unpaired) electrons. The number of alkyl halides is 1. The first-order chi connectivity index (χ1) is 7.81. The van der Waals surface area contributed by atoms with Crippen LogP contribution in [0, 0.1) is 5.92 Å². The monoisotopic (exact) mass is 277 g/mol. The van der Waals surface area contributed by atoms with Gasteiger partial charge in [-0.1, -0.05) is 23.4 Å². The van der Waals surface area contributed by atoms with Crippen LogP contribution in [0.2, 0.25) is 0 Å². The number of hydrogen-bond donors (Lipinski definition) is 1. The van der Waals surface area contributed by atoms with E-state index in [0.717, 1.165) is 10.5 Å². The maximum atomic E-state index is 11.9. The second-order valence-electron chi connectivity index (χ2n) is 3.85. The third-order valence-electron chi connectivity index (χ3n) is 2.53. The largest absolute Gasteiger partial charge is 0.465 e. The molecule has 2 atom stereocenters. The molecular weight excluding hydrogens is 262 g/mol. The fraction of sp³-hybridized carbons (Fsp3) is 0.636. The van der Waals surface area contributed by atoms with Gasteiger partial charge in [-0.25, -0.2) is 0 Å². The normalized spacial score (nSPS) is 28.2. The number of rotatable bonds is 3. The molecule has 1 aliphatic rings. The van der Waals surface area contributed by atoms with E-state index >= 15 is 0 Å². The van der Waals surface area contributed by atoms with Crippen LogP contribution >= 0.6 is 23.4 Å². The molecule has 1 heterocycles. The number of amides is 1. The molecule has 0 bridgehead atoms. The van der Waals surface area contributed by atoms with Gasteiger partial charge >= 0.3 is 5.97 Å². The first-order valence-corrected chi connectivity index (χ1v) is 6.52. The van der Waals surface area contributed by atoms with Crippen molar-refractivity contribution in [3.05, 3.63) is 10.5 Å². The zero-order valence-electron chi connectivity index (χ0n) is 10.3. The Balaban J connectivity index is 3.00. The van der Waals surface area contributed by atoms with Gasteiger partial charge < -0.3 is 10.1 Å². The molecule has 4 nitrogen and oxygen atoms in total. The highest BCUT2D eigenvalue weighted by Crippen LogP contribution is 2.51. The van der Waals surface area contributed by atoms with Crippen LogP contribution in [0.5, 0.6) is 0 Å². The Kier molecular flexibility index (Phi) is 4.49. The number of halogens is 1. The summed E-state index contributed by atoms with van der Waals surface area (Å²) in [5.41, 5.74) is 0.845. The van der Waals surface area contributed by atoms with Crippen LogP contribution in [0.15, 0.2) is 10.5 Å². The number of allylic oxidation sites excluding steroid dienone is 1. The summed E-state index contributed by atoms with van der Waals surface area (Å²) in [4.78, 5) is 24.0. The van der Waals surface area contributed by atoms with Gasteiger partial charge in [0.25, 0.3) is 0 Å². The number of carbonyl (C=O) groups is 2. The van der Waals surface area contributed by atoms with Crippen LogP contribution in [0.3, 0.4) is 0 Å². The molecular formula is C11H16ClNO3S. The van der Waals surface area contributed by atoms with E-state index in [1.807, 2.05) is 13.8 Å². The fourth-order valence-corrected chi connectivity index (χ4v) is 3.78. The molecule has 0 saturated carbocycles. The van der Waals surface area contributed by atoms with Gasteiger partial charge in [0.2, 0.25) is 5.91 Å². The molecule has 0 spiro atoms. The predicted molar refractivity (Wildman–Crippen MR) is 68.5 cm³/mol. The minimum absolute atomic E-state index is 0.274. The molecule has 96 valence electrons. The van der Waals surface area contributed by atoms with Crippen molar-refractivity contribution < 1.29 is 14.3 Å². The van der Waals surface area contributed by atoms with E-state index in [0.29, 0.717) is 6.61 Å². The Morgan fingerprint density at radius 3 is 2.59 bits per heavy atom. The minimum atomic E-state index is -1.16. The Morgan fingerprint density at radius 2 is 2.12 bits per heavy atom. The van der Waals surface area contributed by atoms with Crippen molar-refractivity contribution in [1.29, 1.82) is 0 Å². The molecule has 1 amide bonds. The highest BCUT2D eigenvalue weighted by Gasteiger charge is 2.50. The van der Waals surface area contributed by atoms with Crippen LogP contribution in [0.4, 0.5) is 0 Å². The summed E-state index contributed by atoms with van der Waals surface area (Å²) in [5, 5.41) is 2.62. The highest BCUT2D eigenvalue weighted by molar-refractivity contribution is 8.05. The van der Waals surface area contributed by atoms with Gasteiger partial charge in [-0.05, 0) is 31.2 Å². The van der Waals surface area contributed by atoms with E-state index in [1.165, 1.54) is 18.7 Å². The second-order valence-corrected chi connectivity index (χ2v) is 6.13. The maximum Gasteiger partial charge on any atom is 0.317 e. The Bertz CT molecular complexity index is 383. The topological polar surface area (TPSA) is 55.4 Å². The maximum absolute atomic E-state index is 11.9. The molecule has 0 aromatic rings. The average molecular weight is 278 g/mol. The molecule has 0 aromatic carbocycles. The van der Waals surface area contributed by atoms with E-state index in [4.69, 9.17) is 16.3 Å². The lowest BCUT2D eigenvalue weighted by Gasteiger charge is -2.28. The van der Waals surface area contributed by atoms with Crippen molar-refractivity contribution in [2.45, 2.75) is 32.0 Å². The molecule has 1 rings (SSSR count). The Labute approximate surface area is 110 Å². The molecule has 1 N–H and O–H groups in total. The van der Waals surface area contributed by atoms with Crippen molar-refractivity contribution in [1.82, 2.24) is 5.32 Å². The van der Waals surface area contributed by atoms with Gasteiger partial charge in [-0.2, -0.15) is 0 Å². The lowest BCUT2D eigenvalue weighted by Crippen LogP contribution is -2.47. The summed E-state index contributed by atoms with van der Waals surface area (Å²) in [6.07, 6.45) is 0. The molecule has 0 aliphatic carbocycles. The van der Waals surface area contributed by atoms with Gasteiger partial charge in [-0.15, -0.1) is 0 Å². The Morgan fingerprint density at radius 1 is 1.53 bits per heavy atom. The lowest BCUT2D eigenvalue weighted by atomic mass is 10.00. The zero-order chi connectivity index (χ0) is 13.2. The van der Waals surface area contributed by atoms with Crippen LogP contribution in [-0.2, 0) is 14.3 Å². The number of thioether (sulfide) groups is 1. The predicted octanol–water partition coefficient (Wildman–Crippen LogP) is 2.24. The van der Waals surface area contributed by atoms with Gasteiger partial charge in [0, 0.05) is 6.92 Å². The SMILES string of the molecule is CCOC(=O)[C@@H]1C(C)=C(C)S[C@]1(Cl)NC(C)=O. The van der Waals surface area contributed by atoms with E-state index in [1.54, 1.807) is 6.92 Å². The smallest absolute Gasteiger partial charge is 0.317 e. The molecule has 0 aromatic heterocycles. The van der Waals surface area contributed by atoms with Crippen molar-refractivity contribution in [3.63, 3.8) is 0 Å². The van der Waals surface area contributed by atoms with Crippen LogP contribution in [0.1, 0.15) is 27.7 Å². The third kappa shape index (κ3) is 2.96. The summed E-state index contributed by atoms with van der Waals surface area (Å²) in [6, 6.07) is 0. The highest BCUT2D eigenvalue weighted by atomic mass is 35.5. The van der Waals surface area contributed by atoms with Crippen LogP contribution in [0.25, 0.3) is 0 Å².